The SMILES string of the molecule is C/C=C/c1ccc(OS(=O)(=O)c2ccc(Cl)nc2)c(OC)c1. The van der Waals surface area contributed by atoms with Gasteiger partial charge in [0.05, 0.1) is 13.3 Å². The van der Waals surface area contributed by atoms with E-state index in [4.69, 9.17) is 20.5 Å². The van der Waals surface area contributed by atoms with E-state index in [1.54, 1.807) is 12.1 Å². The van der Waals surface area contributed by atoms with Crippen molar-refractivity contribution in [1.82, 2.24) is 4.98 Å². The standard InChI is InChI=1S/C15H14ClNO4S/c1-3-4-11-5-7-13(14(9-11)20-2)21-22(18,19)12-6-8-15(16)17-10-12/h3-10H,1-2H3/b4-3+. The van der Waals surface area contributed by atoms with E-state index in [1.807, 2.05) is 19.1 Å². The fourth-order valence-electron chi connectivity index (χ4n) is 1.73. The quantitative estimate of drug-likeness (QED) is 0.615. The summed E-state index contributed by atoms with van der Waals surface area (Å²) >= 11 is 5.64. The van der Waals surface area contributed by atoms with E-state index < -0.39 is 10.1 Å². The molecule has 7 heteroatoms. The number of methoxy groups -OCH3 is 1. The highest BCUT2D eigenvalue weighted by atomic mass is 35.5. The number of rotatable bonds is 5. The molecule has 0 aliphatic heterocycles. The molecular formula is C15H14ClNO4S. The van der Waals surface area contributed by atoms with Crippen LogP contribution < -0.4 is 8.92 Å². The summed E-state index contributed by atoms with van der Waals surface area (Å²) in [5, 5.41) is 0.201. The second kappa shape index (κ2) is 6.81. The third kappa shape index (κ3) is 3.78. The number of pyridine rings is 1. The van der Waals surface area contributed by atoms with Gasteiger partial charge in [-0.25, -0.2) is 4.98 Å². The lowest BCUT2D eigenvalue weighted by molar-refractivity contribution is 0.390. The van der Waals surface area contributed by atoms with Gasteiger partial charge < -0.3 is 8.92 Å². The van der Waals surface area contributed by atoms with Crippen LogP contribution in [0.2, 0.25) is 5.15 Å². The van der Waals surface area contributed by atoms with Gasteiger partial charge in [0.15, 0.2) is 11.5 Å². The van der Waals surface area contributed by atoms with Gasteiger partial charge in [0.2, 0.25) is 0 Å². The zero-order chi connectivity index (χ0) is 16.2. The summed E-state index contributed by atoms with van der Waals surface area (Å²) in [5.41, 5.74) is 0.872. The van der Waals surface area contributed by atoms with Gasteiger partial charge in [-0.3, -0.25) is 0 Å². The molecule has 1 heterocycles. The molecule has 0 radical (unpaired) electrons. The van der Waals surface area contributed by atoms with Crippen molar-refractivity contribution < 1.29 is 17.3 Å². The number of ether oxygens (including phenoxy) is 1. The fourth-order valence-corrected chi connectivity index (χ4v) is 2.72. The minimum Gasteiger partial charge on any atom is -0.493 e. The van der Waals surface area contributed by atoms with Crippen LogP contribution >= 0.6 is 11.6 Å². The number of nitrogens with zero attached hydrogens (tertiary/aromatic N) is 1. The highest BCUT2D eigenvalue weighted by Crippen LogP contribution is 2.31. The predicted octanol–water partition coefficient (Wildman–Crippen LogP) is 3.54. The normalized spacial score (nSPS) is 11.6. The molecule has 0 bridgehead atoms. The molecule has 0 amide bonds. The molecule has 2 aromatic rings. The third-order valence-electron chi connectivity index (χ3n) is 2.74. The van der Waals surface area contributed by atoms with Crippen LogP contribution in [0.25, 0.3) is 6.08 Å². The van der Waals surface area contributed by atoms with Crippen LogP contribution in [-0.4, -0.2) is 20.5 Å². The smallest absolute Gasteiger partial charge is 0.340 e. The molecule has 2 rings (SSSR count). The van der Waals surface area contributed by atoms with Gasteiger partial charge in [-0.2, -0.15) is 8.42 Å². The highest BCUT2D eigenvalue weighted by Gasteiger charge is 2.19. The maximum atomic E-state index is 12.2. The molecule has 5 nitrogen and oxygen atoms in total. The van der Waals surface area contributed by atoms with E-state index in [2.05, 4.69) is 4.98 Å². The summed E-state index contributed by atoms with van der Waals surface area (Å²) in [5.74, 6) is 0.423. The molecular weight excluding hydrogens is 326 g/mol. The molecule has 0 fully saturated rings. The van der Waals surface area contributed by atoms with Gasteiger partial charge in [-0.1, -0.05) is 29.8 Å². The first-order valence-electron chi connectivity index (χ1n) is 6.33. The molecule has 1 aromatic heterocycles. The Morgan fingerprint density at radius 2 is 1.95 bits per heavy atom. The van der Waals surface area contributed by atoms with Crippen LogP contribution in [0.4, 0.5) is 0 Å². The molecule has 0 atom stereocenters. The maximum Gasteiger partial charge on any atom is 0.340 e. The fraction of sp³-hybridized carbons (Fsp3) is 0.133. The average molecular weight is 340 g/mol. The molecule has 0 aliphatic rings. The maximum absolute atomic E-state index is 12.2. The van der Waals surface area contributed by atoms with E-state index in [1.165, 1.54) is 25.3 Å². The summed E-state index contributed by atoms with van der Waals surface area (Å²) in [6.07, 6.45) is 4.87. The first-order chi connectivity index (χ1) is 10.5. The van der Waals surface area contributed by atoms with E-state index >= 15 is 0 Å². The van der Waals surface area contributed by atoms with Gasteiger partial charge >= 0.3 is 10.1 Å². The molecule has 0 aliphatic carbocycles. The van der Waals surface area contributed by atoms with Gasteiger partial charge in [0.1, 0.15) is 10.0 Å². The molecule has 0 saturated carbocycles. The largest absolute Gasteiger partial charge is 0.493 e. The Kier molecular flexibility index (Phi) is 5.05. The highest BCUT2D eigenvalue weighted by molar-refractivity contribution is 7.87. The first kappa shape index (κ1) is 16.3. The number of hydrogen-bond donors (Lipinski definition) is 0. The van der Waals surface area contributed by atoms with Crippen molar-refractivity contribution in [3.05, 3.63) is 53.3 Å². The predicted molar refractivity (Wildman–Crippen MR) is 84.8 cm³/mol. The van der Waals surface area contributed by atoms with E-state index in [-0.39, 0.29) is 15.8 Å². The zero-order valence-electron chi connectivity index (χ0n) is 12.0. The summed E-state index contributed by atoms with van der Waals surface area (Å²) in [6, 6.07) is 7.66. The van der Waals surface area contributed by atoms with Crippen LogP contribution in [0.3, 0.4) is 0 Å². The summed E-state index contributed by atoms with van der Waals surface area (Å²) < 4.78 is 34.7. The Balaban J connectivity index is 2.35. The van der Waals surface area contributed by atoms with Crippen molar-refractivity contribution in [2.75, 3.05) is 7.11 Å². The van der Waals surface area contributed by atoms with Crippen molar-refractivity contribution in [2.24, 2.45) is 0 Å². The molecule has 116 valence electrons. The van der Waals surface area contributed by atoms with E-state index in [0.717, 1.165) is 11.8 Å². The second-order valence-corrected chi connectivity index (χ2v) is 6.20. The lowest BCUT2D eigenvalue weighted by Gasteiger charge is -2.11. The monoisotopic (exact) mass is 339 g/mol. The number of benzene rings is 1. The average Bonchev–Trinajstić information content (AvgIpc) is 2.49. The molecule has 0 saturated heterocycles. The van der Waals surface area contributed by atoms with Crippen molar-refractivity contribution >= 4 is 27.8 Å². The van der Waals surface area contributed by atoms with Gasteiger partial charge in [0.25, 0.3) is 0 Å². The van der Waals surface area contributed by atoms with Crippen molar-refractivity contribution in [3.8, 4) is 11.5 Å². The van der Waals surface area contributed by atoms with Gasteiger partial charge in [-0.05, 0) is 36.8 Å². The van der Waals surface area contributed by atoms with Crippen molar-refractivity contribution in [1.29, 1.82) is 0 Å². The first-order valence-corrected chi connectivity index (χ1v) is 8.11. The van der Waals surface area contributed by atoms with Crippen LogP contribution in [0.15, 0.2) is 47.5 Å². The molecule has 1 aromatic carbocycles. The van der Waals surface area contributed by atoms with Crippen LogP contribution in [0.5, 0.6) is 11.5 Å². The Morgan fingerprint density at radius 1 is 1.18 bits per heavy atom. The third-order valence-corrected chi connectivity index (χ3v) is 4.18. The van der Waals surface area contributed by atoms with Gasteiger partial charge in [0, 0.05) is 0 Å². The Morgan fingerprint density at radius 3 is 2.55 bits per heavy atom. The Bertz CT molecular complexity index is 786. The molecule has 22 heavy (non-hydrogen) atoms. The minimum absolute atomic E-state index is 0.0866. The summed E-state index contributed by atoms with van der Waals surface area (Å²) in [6.45, 7) is 1.88. The van der Waals surface area contributed by atoms with Gasteiger partial charge in [-0.15, -0.1) is 0 Å². The lowest BCUT2D eigenvalue weighted by Crippen LogP contribution is -2.10. The minimum atomic E-state index is -4.01. The lowest BCUT2D eigenvalue weighted by atomic mass is 10.2. The van der Waals surface area contributed by atoms with Crippen molar-refractivity contribution in [2.45, 2.75) is 11.8 Å². The van der Waals surface area contributed by atoms with Crippen LogP contribution in [0, 0.1) is 0 Å². The molecule has 0 unspecified atom stereocenters. The topological polar surface area (TPSA) is 65.5 Å². The Labute approximate surface area is 134 Å². The van der Waals surface area contributed by atoms with E-state index in [9.17, 15) is 8.42 Å². The number of halogens is 1. The summed E-state index contributed by atoms with van der Waals surface area (Å²) in [7, 11) is -2.56. The number of allylic oxidation sites excluding steroid dienone is 1. The summed E-state index contributed by atoms with van der Waals surface area (Å²) in [4.78, 5) is 3.65. The number of aromatic nitrogens is 1. The second-order valence-electron chi connectivity index (χ2n) is 4.26. The molecule has 0 N–H and O–H groups in total. The number of hydrogen-bond acceptors (Lipinski definition) is 5. The van der Waals surface area contributed by atoms with Crippen LogP contribution in [0.1, 0.15) is 12.5 Å². The van der Waals surface area contributed by atoms with Crippen molar-refractivity contribution in [3.63, 3.8) is 0 Å². The zero-order valence-corrected chi connectivity index (χ0v) is 13.6. The van der Waals surface area contributed by atoms with E-state index in [0.29, 0.717) is 5.75 Å². The van der Waals surface area contributed by atoms with Crippen LogP contribution in [-0.2, 0) is 10.1 Å². The molecule has 0 spiro atoms. The Hall–Kier alpha value is -2.05.